The smallest absolute Gasteiger partial charge is 0.280 e. The molecule has 0 spiro atoms. The van der Waals surface area contributed by atoms with Crippen molar-refractivity contribution >= 4 is 16.7 Å². The van der Waals surface area contributed by atoms with Crippen LogP contribution in [0.2, 0.25) is 0 Å². The van der Waals surface area contributed by atoms with Gasteiger partial charge in [0.2, 0.25) is 0 Å². The third-order valence-corrected chi connectivity index (χ3v) is 4.83. The Morgan fingerprint density at radius 2 is 1.85 bits per heavy atom. The number of benzene rings is 2. The van der Waals surface area contributed by atoms with Crippen LogP contribution in [-0.2, 0) is 13.1 Å². The second-order valence-electron chi connectivity index (χ2n) is 6.60. The van der Waals surface area contributed by atoms with Crippen molar-refractivity contribution in [2.45, 2.75) is 13.1 Å². The molecule has 2 aromatic heterocycles. The molecule has 5 rings (SSSR count). The van der Waals surface area contributed by atoms with Gasteiger partial charge in [-0.15, -0.1) is 0 Å². The molecule has 2 aromatic carbocycles. The quantitative estimate of drug-likeness (QED) is 0.591. The summed E-state index contributed by atoms with van der Waals surface area (Å²) >= 11 is 0. The molecule has 4 aromatic rings. The summed E-state index contributed by atoms with van der Waals surface area (Å²) in [4.78, 5) is 21.1. The molecule has 0 bridgehead atoms. The zero-order valence-electron chi connectivity index (χ0n) is 14.5. The van der Waals surface area contributed by atoms with Gasteiger partial charge in [-0.2, -0.15) is 0 Å². The third-order valence-electron chi connectivity index (χ3n) is 4.83. The maximum Gasteiger partial charge on any atom is 0.280 e. The van der Waals surface area contributed by atoms with Crippen molar-refractivity contribution in [2.24, 2.45) is 0 Å². The van der Waals surface area contributed by atoms with E-state index in [1.807, 2.05) is 12.1 Å². The van der Waals surface area contributed by atoms with Crippen LogP contribution in [0.1, 0.15) is 11.1 Å². The molecular formula is C21H17N5O. The van der Waals surface area contributed by atoms with Crippen LogP contribution in [0.15, 0.2) is 71.9 Å². The molecule has 0 radical (unpaired) electrons. The van der Waals surface area contributed by atoms with Gasteiger partial charge in [0, 0.05) is 12.7 Å². The van der Waals surface area contributed by atoms with Crippen molar-refractivity contribution in [2.75, 3.05) is 5.43 Å². The molecule has 6 heteroatoms. The number of hydrogen-bond acceptors (Lipinski definition) is 5. The van der Waals surface area contributed by atoms with E-state index in [1.54, 1.807) is 29.2 Å². The third kappa shape index (κ3) is 2.86. The summed E-state index contributed by atoms with van der Waals surface area (Å²) in [6.45, 7) is 1.30. The number of fused-ring (bicyclic) bond motifs is 2. The van der Waals surface area contributed by atoms with E-state index in [0.29, 0.717) is 17.6 Å². The monoisotopic (exact) mass is 355 g/mol. The summed E-state index contributed by atoms with van der Waals surface area (Å²) in [7, 11) is 0. The van der Waals surface area contributed by atoms with Gasteiger partial charge < -0.3 is 5.43 Å². The molecule has 6 nitrogen and oxygen atoms in total. The molecule has 132 valence electrons. The first-order chi connectivity index (χ1) is 13.3. The Morgan fingerprint density at radius 3 is 2.74 bits per heavy atom. The van der Waals surface area contributed by atoms with Crippen LogP contribution < -0.4 is 16.4 Å². The summed E-state index contributed by atoms with van der Waals surface area (Å²) in [5.41, 5.74) is 12.9. The first-order valence-electron chi connectivity index (χ1n) is 8.79. The van der Waals surface area contributed by atoms with Crippen molar-refractivity contribution in [1.29, 1.82) is 0 Å². The summed E-state index contributed by atoms with van der Waals surface area (Å²) in [6.07, 6.45) is 3.20. The Kier molecular flexibility index (Phi) is 3.69. The van der Waals surface area contributed by atoms with E-state index in [2.05, 4.69) is 51.2 Å². The molecular weight excluding hydrogens is 338 g/mol. The van der Waals surface area contributed by atoms with Crippen molar-refractivity contribution < 1.29 is 0 Å². The van der Waals surface area contributed by atoms with Crippen LogP contribution in [-0.4, -0.2) is 14.5 Å². The minimum atomic E-state index is -0.122. The summed E-state index contributed by atoms with van der Waals surface area (Å²) in [5, 5.41) is 0. The largest absolute Gasteiger partial charge is 0.321 e. The normalized spacial score (nSPS) is 12.7. The van der Waals surface area contributed by atoms with Crippen LogP contribution in [0.25, 0.3) is 22.2 Å². The van der Waals surface area contributed by atoms with E-state index in [0.717, 1.165) is 23.4 Å². The minimum Gasteiger partial charge on any atom is -0.321 e. The Bertz CT molecular complexity index is 1200. The zero-order chi connectivity index (χ0) is 18.2. The fourth-order valence-electron chi connectivity index (χ4n) is 3.37. The number of hydrogen-bond donors (Lipinski definition) is 2. The van der Waals surface area contributed by atoms with E-state index in [1.165, 1.54) is 11.1 Å². The van der Waals surface area contributed by atoms with Crippen molar-refractivity contribution in [3.8, 4) is 11.1 Å². The predicted octanol–water partition coefficient (Wildman–Crippen LogP) is 2.94. The number of pyridine rings is 1. The predicted molar refractivity (Wildman–Crippen MR) is 105 cm³/mol. The number of aromatic nitrogens is 3. The molecule has 1 aliphatic rings. The van der Waals surface area contributed by atoms with Gasteiger partial charge in [0.25, 0.3) is 5.56 Å². The molecule has 0 saturated carbocycles. The fourth-order valence-corrected chi connectivity index (χ4v) is 3.37. The second kappa shape index (κ2) is 6.34. The SMILES string of the molecule is O=c1c2ncccc2ncn1Cc1ccc(-c2ccc3c(c2)CNN3)cc1. The van der Waals surface area contributed by atoms with Gasteiger partial charge in [-0.05, 0) is 46.5 Å². The van der Waals surface area contributed by atoms with Crippen LogP contribution in [0.3, 0.4) is 0 Å². The van der Waals surface area contributed by atoms with Gasteiger partial charge in [0.15, 0.2) is 5.52 Å². The summed E-state index contributed by atoms with van der Waals surface area (Å²) < 4.78 is 1.59. The lowest BCUT2D eigenvalue weighted by Gasteiger charge is -2.08. The number of rotatable bonds is 3. The van der Waals surface area contributed by atoms with Gasteiger partial charge in [0.05, 0.1) is 24.1 Å². The highest BCUT2D eigenvalue weighted by molar-refractivity contribution is 5.72. The minimum absolute atomic E-state index is 0.122. The second-order valence-corrected chi connectivity index (χ2v) is 6.60. The molecule has 3 heterocycles. The van der Waals surface area contributed by atoms with E-state index in [9.17, 15) is 4.79 Å². The fraction of sp³-hybridized carbons (Fsp3) is 0.0952. The highest BCUT2D eigenvalue weighted by Crippen LogP contribution is 2.27. The van der Waals surface area contributed by atoms with Crippen LogP contribution in [0.4, 0.5) is 5.69 Å². The van der Waals surface area contributed by atoms with Crippen LogP contribution in [0.5, 0.6) is 0 Å². The van der Waals surface area contributed by atoms with E-state index in [4.69, 9.17) is 0 Å². The first-order valence-corrected chi connectivity index (χ1v) is 8.79. The van der Waals surface area contributed by atoms with E-state index < -0.39 is 0 Å². The van der Waals surface area contributed by atoms with Gasteiger partial charge in [0.1, 0.15) is 0 Å². The number of hydrazine groups is 1. The Balaban J connectivity index is 1.43. The van der Waals surface area contributed by atoms with Crippen LogP contribution >= 0.6 is 0 Å². The molecule has 2 N–H and O–H groups in total. The lowest BCUT2D eigenvalue weighted by molar-refractivity contribution is 0.746. The van der Waals surface area contributed by atoms with E-state index in [-0.39, 0.29) is 5.56 Å². The lowest BCUT2D eigenvalue weighted by atomic mass is 10.0. The number of nitrogens with one attached hydrogen (secondary N) is 2. The highest BCUT2D eigenvalue weighted by Gasteiger charge is 2.10. The molecule has 0 fully saturated rings. The van der Waals surface area contributed by atoms with E-state index >= 15 is 0 Å². The molecule has 0 aliphatic carbocycles. The van der Waals surface area contributed by atoms with Gasteiger partial charge >= 0.3 is 0 Å². The van der Waals surface area contributed by atoms with Crippen LogP contribution in [0, 0.1) is 0 Å². The van der Waals surface area contributed by atoms with Gasteiger partial charge in [-0.25, -0.2) is 15.4 Å². The first kappa shape index (κ1) is 15.7. The summed E-state index contributed by atoms with van der Waals surface area (Å²) in [6, 6.07) is 18.2. The maximum atomic E-state index is 12.6. The maximum absolute atomic E-state index is 12.6. The lowest BCUT2D eigenvalue weighted by Crippen LogP contribution is -2.21. The highest BCUT2D eigenvalue weighted by atomic mass is 16.1. The zero-order valence-corrected chi connectivity index (χ0v) is 14.5. The Morgan fingerprint density at radius 1 is 1.00 bits per heavy atom. The van der Waals surface area contributed by atoms with Gasteiger partial charge in [-0.1, -0.05) is 30.3 Å². The Labute approximate surface area is 155 Å². The molecule has 0 atom stereocenters. The number of nitrogens with zero attached hydrogens (tertiary/aromatic N) is 3. The molecule has 27 heavy (non-hydrogen) atoms. The standard InChI is InChI=1S/C21H17N5O/c27-21-20-19(2-1-9-22-20)23-13-26(21)12-14-3-5-15(6-4-14)16-7-8-18-17(10-16)11-24-25-18/h1-10,13,24-25H,11-12H2. The average Bonchev–Trinajstić information content (AvgIpc) is 3.19. The molecule has 0 saturated heterocycles. The topological polar surface area (TPSA) is 71.8 Å². The molecule has 1 aliphatic heterocycles. The number of anilines is 1. The van der Waals surface area contributed by atoms with Crippen molar-refractivity contribution in [1.82, 2.24) is 20.0 Å². The molecule has 0 unspecified atom stereocenters. The summed E-state index contributed by atoms with van der Waals surface area (Å²) in [5.74, 6) is 0. The van der Waals surface area contributed by atoms with Crippen molar-refractivity contribution in [3.63, 3.8) is 0 Å². The Hall–Kier alpha value is -3.51. The average molecular weight is 355 g/mol. The van der Waals surface area contributed by atoms with Crippen molar-refractivity contribution in [3.05, 3.63) is 88.6 Å². The molecule has 0 amide bonds. The van der Waals surface area contributed by atoms with Gasteiger partial charge in [-0.3, -0.25) is 9.36 Å².